The monoisotopic (exact) mass is 446 g/mol. The van der Waals surface area contributed by atoms with E-state index in [1.165, 1.54) is 62.5 Å². The van der Waals surface area contributed by atoms with Crippen LogP contribution in [0.25, 0.3) is 11.1 Å². The van der Waals surface area contributed by atoms with E-state index in [4.69, 9.17) is 9.47 Å². The maximum Gasteiger partial charge on any atom is 0.0575 e. The highest BCUT2D eigenvalue weighted by Gasteiger charge is 2.54. The second-order valence-electron chi connectivity index (χ2n) is 10.6. The summed E-state index contributed by atoms with van der Waals surface area (Å²) < 4.78 is 12.4. The van der Waals surface area contributed by atoms with Gasteiger partial charge in [0.1, 0.15) is 0 Å². The number of rotatable bonds is 8. The van der Waals surface area contributed by atoms with Crippen LogP contribution in [0.4, 0.5) is 0 Å². The first kappa shape index (κ1) is 23.1. The summed E-state index contributed by atoms with van der Waals surface area (Å²) in [5.74, 6) is 1.39. The Balaban J connectivity index is 1.50. The molecule has 3 aliphatic carbocycles. The van der Waals surface area contributed by atoms with Crippen molar-refractivity contribution < 1.29 is 9.47 Å². The van der Waals surface area contributed by atoms with Gasteiger partial charge in [-0.15, -0.1) is 0 Å². The van der Waals surface area contributed by atoms with Gasteiger partial charge in [0.15, 0.2) is 0 Å². The minimum Gasteiger partial charge on any atom is -0.378 e. The second-order valence-corrected chi connectivity index (χ2v) is 10.6. The average molecular weight is 447 g/mol. The highest BCUT2D eigenvalue weighted by Crippen LogP contribution is 2.61. The zero-order valence-corrected chi connectivity index (χ0v) is 20.7. The minimum absolute atomic E-state index is 0.151. The third-order valence-electron chi connectivity index (χ3n) is 8.79. The Morgan fingerprint density at radius 2 is 1.00 bits per heavy atom. The lowest BCUT2D eigenvalue weighted by Crippen LogP contribution is -2.46. The first-order valence-electron chi connectivity index (χ1n) is 13.7. The van der Waals surface area contributed by atoms with E-state index in [-0.39, 0.29) is 5.41 Å². The quantitative estimate of drug-likeness (QED) is 0.410. The van der Waals surface area contributed by atoms with Crippen molar-refractivity contribution in [2.24, 2.45) is 11.8 Å². The van der Waals surface area contributed by atoms with E-state index in [0.717, 1.165) is 26.1 Å². The molecule has 0 spiro atoms. The number of ether oxygens (including phenoxy) is 2. The zero-order chi connectivity index (χ0) is 22.7. The van der Waals surface area contributed by atoms with E-state index in [1.54, 1.807) is 11.1 Å². The zero-order valence-electron chi connectivity index (χ0n) is 20.7. The number of benzene rings is 2. The van der Waals surface area contributed by atoms with Crippen LogP contribution in [0.5, 0.6) is 0 Å². The molecule has 2 saturated carbocycles. The number of hydrogen-bond donors (Lipinski definition) is 0. The third kappa shape index (κ3) is 4.19. The Morgan fingerprint density at radius 1 is 0.606 bits per heavy atom. The first-order chi connectivity index (χ1) is 16.3. The Morgan fingerprint density at radius 3 is 1.39 bits per heavy atom. The molecule has 0 unspecified atom stereocenters. The molecule has 0 bridgehead atoms. The smallest absolute Gasteiger partial charge is 0.0575 e. The van der Waals surface area contributed by atoms with Gasteiger partial charge in [-0.25, -0.2) is 0 Å². The fourth-order valence-corrected chi connectivity index (χ4v) is 7.45. The summed E-state index contributed by atoms with van der Waals surface area (Å²) in [4.78, 5) is 0. The van der Waals surface area contributed by atoms with Gasteiger partial charge in [0.05, 0.1) is 12.2 Å². The van der Waals surface area contributed by atoms with E-state index in [9.17, 15) is 0 Å². The van der Waals surface area contributed by atoms with Crippen molar-refractivity contribution in [2.45, 2.75) is 95.7 Å². The van der Waals surface area contributed by atoms with Crippen LogP contribution in [-0.4, -0.2) is 25.4 Å². The van der Waals surface area contributed by atoms with Crippen LogP contribution < -0.4 is 0 Å². The Kier molecular flexibility index (Phi) is 7.23. The Hall–Kier alpha value is -1.64. The molecule has 3 aliphatic rings. The average Bonchev–Trinajstić information content (AvgIpc) is 3.18. The normalized spacial score (nSPS) is 28.3. The van der Waals surface area contributed by atoms with Gasteiger partial charge in [0.25, 0.3) is 0 Å². The number of fused-ring (bicyclic) bond motifs is 3. The molecular weight excluding hydrogens is 404 g/mol. The van der Waals surface area contributed by atoms with Crippen LogP contribution in [0, 0.1) is 11.8 Å². The van der Waals surface area contributed by atoms with Gasteiger partial charge in [-0.2, -0.15) is 0 Å². The van der Waals surface area contributed by atoms with Gasteiger partial charge in [-0.05, 0) is 98.3 Å². The standard InChI is InChI=1S/C31H42O2/c1-3-21-32-25-17-13-23(14-18-25)31(24-15-19-26(20-16-24)33-22-4-2)29-11-7-5-9-27(29)28-10-6-8-12-30(28)31/h5-12,23-26H,3-4,13-22H2,1-2H3. The van der Waals surface area contributed by atoms with Crippen molar-refractivity contribution >= 4 is 0 Å². The summed E-state index contributed by atoms with van der Waals surface area (Å²) in [7, 11) is 0. The van der Waals surface area contributed by atoms with Crippen molar-refractivity contribution in [3.8, 4) is 11.1 Å². The lowest BCUT2D eigenvalue weighted by Gasteiger charge is -2.50. The molecule has 0 N–H and O–H groups in total. The van der Waals surface area contributed by atoms with Gasteiger partial charge < -0.3 is 9.47 Å². The Bertz CT molecular complexity index is 827. The molecule has 0 radical (unpaired) electrons. The molecule has 178 valence electrons. The van der Waals surface area contributed by atoms with Crippen LogP contribution in [0.2, 0.25) is 0 Å². The predicted molar refractivity (Wildman–Crippen MR) is 137 cm³/mol. The molecule has 2 aromatic carbocycles. The molecule has 2 fully saturated rings. The molecule has 0 saturated heterocycles. The van der Waals surface area contributed by atoms with Crippen molar-refractivity contribution in [1.82, 2.24) is 0 Å². The van der Waals surface area contributed by atoms with Gasteiger partial charge in [0.2, 0.25) is 0 Å². The number of hydrogen-bond acceptors (Lipinski definition) is 2. The lowest BCUT2D eigenvalue weighted by atomic mass is 9.54. The molecule has 0 atom stereocenters. The summed E-state index contributed by atoms with van der Waals surface area (Å²) in [6.07, 6.45) is 13.1. The molecule has 2 aromatic rings. The van der Waals surface area contributed by atoms with Crippen molar-refractivity contribution in [1.29, 1.82) is 0 Å². The fraction of sp³-hybridized carbons (Fsp3) is 0.613. The Labute approximate surface area is 201 Å². The van der Waals surface area contributed by atoms with E-state index in [1.807, 2.05) is 0 Å². The fourth-order valence-electron chi connectivity index (χ4n) is 7.45. The molecule has 0 amide bonds. The molecule has 2 nitrogen and oxygen atoms in total. The molecular formula is C31H42O2. The summed E-state index contributed by atoms with van der Waals surface area (Å²) in [5, 5.41) is 0. The molecule has 5 rings (SSSR count). The van der Waals surface area contributed by atoms with Crippen molar-refractivity contribution in [2.75, 3.05) is 13.2 Å². The van der Waals surface area contributed by atoms with Crippen LogP contribution in [0.15, 0.2) is 48.5 Å². The van der Waals surface area contributed by atoms with Gasteiger partial charge in [-0.1, -0.05) is 62.4 Å². The predicted octanol–water partition coefficient (Wildman–Crippen LogP) is 7.92. The first-order valence-corrected chi connectivity index (χ1v) is 13.7. The molecule has 0 aromatic heterocycles. The third-order valence-corrected chi connectivity index (χ3v) is 8.79. The summed E-state index contributed by atoms with van der Waals surface area (Å²) in [5.41, 5.74) is 6.35. The summed E-state index contributed by atoms with van der Waals surface area (Å²) >= 11 is 0. The summed E-state index contributed by atoms with van der Waals surface area (Å²) in [6, 6.07) is 18.7. The summed E-state index contributed by atoms with van der Waals surface area (Å²) in [6.45, 7) is 6.25. The van der Waals surface area contributed by atoms with Gasteiger partial charge >= 0.3 is 0 Å². The largest absolute Gasteiger partial charge is 0.378 e. The van der Waals surface area contributed by atoms with Gasteiger partial charge in [-0.3, -0.25) is 0 Å². The van der Waals surface area contributed by atoms with E-state index >= 15 is 0 Å². The van der Waals surface area contributed by atoms with Crippen molar-refractivity contribution in [3.63, 3.8) is 0 Å². The topological polar surface area (TPSA) is 18.5 Å². The maximum atomic E-state index is 6.20. The van der Waals surface area contributed by atoms with E-state index in [0.29, 0.717) is 24.0 Å². The molecule has 0 aliphatic heterocycles. The SMILES string of the molecule is CCCOC1CCC(C2(C3CCC(OCCC)CC3)c3ccccc3-c3ccccc32)CC1. The van der Waals surface area contributed by atoms with Crippen LogP contribution in [0.1, 0.15) is 89.2 Å². The highest BCUT2D eigenvalue weighted by molar-refractivity contribution is 5.81. The highest BCUT2D eigenvalue weighted by atomic mass is 16.5. The maximum absolute atomic E-state index is 6.20. The van der Waals surface area contributed by atoms with E-state index in [2.05, 4.69) is 62.4 Å². The second kappa shape index (κ2) is 10.3. The van der Waals surface area contributed by atoms with Crippen LogP contribution >= 0.6 is 0 Å². The van der Waals surface area contributed by atoms with Gasteiger partial charge in [0, 0.05) is 18.6 Å². The minimum atomic E-state index is 0.151. The van der Waals surface area contributed by atoms with Crippen LogP contribution in [0.3, 0.4) is 0 Å². The van der Waals surface area contributed by atoms with E-state index < -0.39 is 0 Å². The molecule has 33 heavy (non-hydrogen) atoms. The molecule has 0 heterocycles. The lowest BCUT2D eigenvalue weighted by molar-refractivity contribution is -0.0124. The molecule has 2 heteroatoms. The van der Waals surface area contributed by atoms with Crippen LogP contribution in [-0.2, 0) is 14.9 Å². The van der Waals surface area contributed by atoms with Crippen molar-refractivity contribution in [3.05, 3.63) is 59.7 Å².